The Kier molecular flexibility index (Phi) is 5.70. The number of hydrogen-bond donors (Lipinski definition) is 2. The van der Waals surface area contributed by atoms with Gasteiger partial charge in [-0.25, -0.2) is 4.79 Å². The second-order valence-electron chi connectivity index (χ2n) is 5.34. The Hall–Kier alpha value is -2.41. The minimum Gasteiger partial charge on any atom is -0.480 e. The summed E-state index contributed by atoms with van der Waals surface area (Å²) in [5, 5.41) is 11.4. The number of hydrogen-bond acceptors (Lipinski definition) is 4. The van der Waals surface area contributed by atoms with Crippen LogP contribution in [0.2, 0.25) is 0 Å². The highest BCUT2D eigenvalue weighted by Gasteiger charge is 2.25. The number of amides is 2. The standard InChI is InChI=1S/C16H20N2O5/c1-23-10-12(16(21)22)17-14(19)8-9-18-13-5-3-2-4-11(13)6-7-15(18)20/h2-5,12H,6-10H2,1H3,(H,17,19)(H,21,22). The first-order chi connectivity index (χ1) is 11.0. The van der Waals surface area contributed by atoms with E-state index < -0.39 is 17.9 Å². The number of fused-ring (bicyclic) bond motifs is 1. The van der Waals surface area contributed by atoms with E-state index in [-0.39, 0.29) is 25.5 Å². The van der Waals surface area contributed by atoms with Gasteiger partial charge in [0.1, 0.15) is 0 Å². The summed E-state index contributed by atoms with van der Waals surface area (Å²) >= 11 is 0. The van der Waals surface area contributed by atoms with Gasteiger partial charge in [-0.1, -0.05) is 18.2 Å². The average Bonchev–Trinajstić information content (AvgIpc) is 2.53. The zero-order chi connectivity index (χ0) is 16.8. The minimum atomic E-state index is -1.15. The van der Waals surface area contributed by atoms with Gasteiger partial charge in [-0.05, 0) is 18.1 Å². The number of nitrogens with zero attached hydrogens (tertiary/aromatic N) is 1. The van der Waals surface area contributed by atoms with Crippen LogP contribution in [0.15, 0.2) is 24.3 Å². The molecule has 1 unspecified atom stereocenters. The molecule has 7 heteroatoms. The zero-order valence-corrected chi connectivity index (χ0v) is 12.9. The number of ether oxygens (including phenoxy) is 1. The van der Waals surface area contributed by atoms with Gasteiger partial charge in [0.2, 0.25) is 11.8 Å². The Morgan fingerprint density at radius 1 is 1.35 bits per heavy atom. The van der Waals surface area contributed by atoms with Crippen LogP contribution in [0.1, 0.15) is 18.4 Å². The Labute approximate surface area is 134 Å². The maximum absolute atomic E-state index is 12.1. The smallest absolute Gasteiger partial charge is 0.328 e. The Morgan fingerprint density at radius 3 is 2.78 bits per heavy atom. The molecule has 124 valence electrons. The normalized spacial score (nSPS) is 15.0. The fourth-order valence-corrected chi connectivity index (χ4v) is 2.56. The molecule has 0 saturated carbocycles. The molecule has 1 aliphatic rings. The largest absolute Gasteiger partial charge is 0.480 e. The van der Waals surface area contributed by atoms with Gasteiger partial charge in [0.25, 0.3) is 0 Å². The van der Waals surface area contributed by atoms with Crippen molar-refractivity contribution in [1.29, 1.82) is 0 Å². The minimum absolute atomic E-state index is 0.0248. The van der Waals surface area contributed by atoms with E-state index in [4.69, 9.17) is 9.84 Å². The van der Waals surface area contributed by atoms with Crippen LogP contribution in [0.5, 0.6) is 0 Å². The molecule has 0 aliphatic carbocycles. The van der Waals surface area contributed by atoms with Gasteiger partial charge in [0, 0.05) is 32.2 Å². The van der Waals surface area contributed by atoms with E-state index in [0.717, 1.165) is 11.3 Å². The van der Waals surface area contributed by atoms with Crippen molar-refractivity contribution in [2.45, 2.75) is 25.3 Å². The lowest BCUT2D eigenvalue weighted by Crippen LogP contribution is -2.45. The van der Waals surface area contributed by atoms with E-state index in [0.29, 0.717) is 12.8 Å². The molecule has 0 aromatic heterocycles. The predicted molar refractivity (Wildman–Crippen MR) is 83.2 cm³/mol. The van der Waals surface area contributed by atoms with Crippen LogP contribution in [-0.4, -0.2) is 49.2 Å². The third kappa shape index (κ3) is 4.29. The molecule has 2 rings (SSSR count). The monoisotopic (exact) mass is 320 g/mol. The number of aryl methyl sites for hydroxylation is 1. The first kappa shape index (κ1) is 17.0. The van der Waals surface area contributed by atoms with Crippen LogP contribution in [0.25, 0.3) is 0 Å². The van der Waals surface area contributed by atoms with Crippen molar-refractivity contribution in [1.82, 2.24) is 5.32 Å². The van der Waals surface area contributed by atoms with Gasteiger partial charge in [-0.3, -0.25) is 9.59 Å². The van der Waals surface area contributed by atoms with E-state index in [2.05, 4.69) is 5.32 Å². The number of aliphatic carboxylic acids is 1. The number of anilines is 1. The lowest BCUT2D eigenvalue weighted by atomic mass is 10.0. The highest BCUT2D eigenvalue weighted by molar-refractivity contribution is 5.97. The number of carbonyl (C=O) groups is 3. The van der Waals surface area contributed by atoms with Gasteiger partial charge < -0.3 is 20.1 Å². The molecule has 0 fully saturated rings. The summed E-state index contributed by atoms with van der Waals surface area (Å²) in [5.74, 6) is -1.60. The van der Waals surface area contributed by atoms with Gasteiger partial charge in [-0.15, -0.1) is 0 Å². The molecule has 1 atom stereocenters. The van der Waals surface area contributed by atoms with Gasteiger partial charge in [0.05, 0.1) is 6.61 Å². The number of carboxylic acids is 1. The van der Waals surface area contributed by atoms with Crippen molar-refractivity contribution in [3.63, 3.8) is 0 Å². The first-order valence-electron chi connectivity index (χ1n) is 7.42. The van der Waals surface area contributed by atoms with Crippen LogP contribution in [0.3, 0.4) is 0 Å². The maximum Gasteiger partial charge on any atom is 0.328 e. The molecule has 0 radical (unpaired) electrons. The van der Waals surface area contributed by atoms with E-state index in [1.54, 1.807) is 4.90 Å². The van der Waals surface area contributed by atoms with Crippen LogP contribution in [0.4, 0.5) is 5.69 Å². The second-order valence-corrected chi connectivity index (χ2v) is 5.34. The van der Waals surface area contributed by atoms with E-state index >= 15 is 0 Å². The van der Waals surface area contributed by atoms with E-state index in [1.165, 1.54) is 7.11 Å². The second kappa shape index (κ2) is 7.73. The number of carboxylic acid groups (broad SMARTS) is 1. The van der Waals surface area contributed by atoms with Crippen molar-refractivity contribution < 1.29 is 24.2 Å². The van der Waals surface area contributed by atoms with Crippen LogP contribution < -0.4 is 10.2 Å². The van der Waals surface area contributed by atoms with Gasteiger partial charge >= 0.3 is 5.97 Å². The number of benzene rings is 1. The highest BCUT2D eigenvalue weighted by atomic mass is 16.5. The number of rotatable bonds is 7. The zero-order valence-electron chi connectivity index (χ0n) is 12.9. The van der Waals surface area contributed by atoms with E-state index in [9.17, 15) is 14.4 Å². The molecule has 1 aromatic rings. The fourth-order valence-electron chi connectivity index (χ4n) is 2.56. The molecular formula is C16H20N2O5. The molecule has 0 spiro atoms. The number of carbonyl (C=O) groups excluding carboxylic acids is 2. The lowest BCUT2D eigenvalue weighted by molar-refractivity contribution is -0.143. The molecule has 1 aromatic carbocycles. The average molecular weight is 320 g/mol. The van der Waals surface area contributed by atoms with Crippen molar-refractivity contribution in [3.8, 4) is 0 Å². The molecule has 0 saturated heterocycles. The summed E-state index contributed by atoms with van der Waals surface area (Å²) in [6, 6.07) is 6.51. The Morgan fingerprint density at radius 2 is 2.09 bits per heavy atom. The first-order valence-corrected chi connectivity index (χ1v) is 7.42. The molecule has 1 aliphatic heterocycles. The summed E-state index contributed by atoms with van der Waals surface area (Å²) in [5.41, 5.74) is 1.90. The summed E-state index contributed by atoms with van der Waals surface area (Å²) < 4.78 is 4.76. The summed E-state index contributed by atoms with van der Waals surface area (Å²) in [6.45, 7) is 0.119. The lowest BCUT2D eigenvalue weighted by Gasteiger charge is -2.29. The molecule has 2 amide bonds. The molecule has 23 heavy (non-hydrogen) atoms. The number of para-hydroxylation sites is 1. The highest BCUT2D eigenvalue weighted by Crippen LogP contribution is 2.27. The van der Waals surface area contributed by atoms with Crippen LogP contribution >= 0.6 is 0 Å². The number of nitrogens with one attached hydrogen (secondary N) is 1. The van der Waals surface area contributed by atoms with Crippen molar-refractivity contribution in [3.05, 3.63) is 29.8 Å². The summed E-state index contributed by atoms with van der Waals surface area (Å²) in [6.07, 6.45) is 1.15. The quantitative estimate of drug-likeness (QED) is 0.766. The third-order valence-electron chi connectivity index (χ3n) is 3.72. The Bertz CT molecular complexity index is 602. The molecular weight excluding hydrogens is 300 g/mol. The molecule has 1 heterocycles. The van der Waals surface area contributed by atoms with Crippen molar-refractivity contribution >= 4 is 23.5 Å². The topological polar surface area (TPSA) is 95.9 Å². The van der Waals surface area contributed by atoms with Crippen LogP contribution in [-0.2, 0) is 25.5 Å². The van der Waals surface area contributed by atoms with E-state index in [1.807, 2.05) is 24.3 Å². The van der Waals surface area contributed by atoms with Crippen molar-refractivity contribution in [2.24, 2.45) is 0 Å². The number of methoxy groups -OCH3 is 1. The summed E-state index contributed by atoms with van der Waals surface area (Å²) in [4.78, 5) is 36.6. The predicted octanol–water partition coefficient (Wildman–Crippen LogP) is 0.572. The summed E-state index contributed by atoms with van der Waals surface area (Å²) in [7, 11) is 1.37. The van der Waals surface area contributed by atoms with Crippen molar-refractivity contribution in [2.75, 3.05) is 25.2 Å². The fraction of sp³-hybridized carbons (Fsp3) is 0.438. The molecule has 7 nitrogen and oxygen atoms in total. The van der Waals surface area contributed by atoms with Gasteiger partial charge in [0.15, 0.2) is 6.04 Å². The molecule has 2 N–H and O–H groups in total. The van der Waals surface area contributed by atoms with Gasteiger partial charge in [-0.2, -0.15) is 0 Å². The SMILES string of the molecule is COCC(NC(=O)CCN1C(=O)CCc2ccccc21)C(=O)O. The van der Waals surface area contributed by atoms with Crippen LogP contribution in [0, 0.1) is 0 Å². The molecule has 0 bridgehead atoms. The maximum atomic E-state index is 12.1. The third-order valence-corrected chi connectivity index (χ3v) is 3.72. The Balaban J connectivity index is 1.96.